The molecule has 2 unspecified atom stereocenters. The zero-order chi connectivity index (χ0) is 24.3. The topological polar surface area (TPSA) is 81.0 Å². The van der Waals surface area contributed by atoms with Crippen molar-refractivity contribution in [1.29, 1.82) is 0 Å². The minimum atomic E-state index is -1.01. The molecule has 1 aliphatic rings. The summed E-state index contributed by atoms with van der Waals surface area (Å²) in [5, 5.41) is 3.33. The maximum Gasteiger partial charge on any atom is 0.267 e. The molecular formula is C26H27ClN2O5. The van der Waals surface area contributed by atoms with Crippen LogP contribution in [-0.4, -0.2) is 35.0 Å². The summed E-state index contributed by atoms with van der Waals surface area (Å²) in [6, 6.07) is 16.5. The van der Waals surface area contributed by atoms with Crippen LogP contribution in [0.15, 0.2) is 71.3 Å². The lowest BCUT2D eigenvalue weighted by atomic mass is 10.0. The smallest absolute Gasteiger partial charge is 0.267 e. The van der Waals surface area contributed by atoms with Gasteiger partial charge in [0.25, 0.3) is 11.8 Å². The number of furan rings is 1. The first-order valence-electron chi connectivity index (χ1n) is 11.0. The van der Waals surface area contributed by atoms with Crippen LogP contribution in [0, 0.1) is 0 Å². The van der Waals surface area contributed by atoms with Gasteiger partial charge in [0.15, 0.2) is 6.10 Å². The van der Waals surface area contributed by atoms with E-state index in [-0.39, 0.29) is 19.1 Å². The normalized spacial score (nSPS) is 18.1. The van der Waals surface area contributed by atoms with Crippen LogP contribution >= 0.6 is 11.6 Å². The predicted octanol–water partition coefficient (Wildman–Crippen LogP) is 5.22. The van der Waals surface area contributed by atoms with Gasteiger partial charge < -0.3 is 24.1 Å². The number of para-hydroxylation sites is 1. The highest BCUT2D eigenvalue weighted by atomic mass is 35.5. The summed E-state index contributed by atoms with van der Waals surface area (Å²) < 4.78 is 17.5. The lowest BCUT2D eigenvalue weighted by Gasteiger charge is -2.30. The van der Waals surface area contributed by atoms with E-state index < -0.39 is 23.7 Å². The summed E-state index contributed by atoms with van der Waals surface area (Å²) >= 11 is 6.31. The molecule has 2 atom stereocenters. The van der Waals surface area contributed by atoms with Gasteiger partial charge in [0.1, 0.15) is 17.6 Å². The molecule has 4 rings (SSSR count). The van der Waals surface area contributed by atoms with Gasteiger partial charge in [-0.25, -0.2) is 0 Å². The molecule has 7 nitrogen and oxygen atoms in total. The monoisotopic (exact) mass is 482 g/mol. The van der Waals surface area contributed by atoms with Crippen molar-refractivity contribution in [2.45, 2.75) is 45.1 Å². The largest absolute Gasteiger partial charge is 0.478 e. The molecule has 0 bridgehead atoms. The van der Waals surface area contributed by atoms with Crippen LogP contribution in [0.4, 0.5) is 5.69 Å². The molecule has 178 valence electrons. The Morgan fingerprint density at radius 3 is 2.56 bits per heavy atom. The summed E-state index contributed by atoms with van der Waals surface area (Å²) in [6.07, 6.45) is 0.571. The fourth-order valence-corrected chi connectivity index (χ4v) is 3.89. The van der Waals surface area contributed by atoms with Gasteiger partial charge >= 0.3 is 0 Å². The number of carbonyl (C=O) groups excluding carboxylic acids is 2. The van der Waals surface area contributed by atoms with E-state index >= 15 is 0 Å². The van der Waals surface area contributed by atoms with Gasteiger partial charge in [0.05, 0.1) is 25.0 Å². The lowest BCUT2D eigenvalue weighted by Crippen LogP contribution is -2.47. The molecule has 2 heterocycles. The van der Waals surface area contributed by atoms with Gasteiger partial charge in [-0.3, -0.25) is 9.59 Å². The van der Waals surface area contributed by atoms with Crippen LogP contribution in [0.1, 0.15) is 38.1 Å². The predicted molar refractivity (Wildman–Crippen MR) is 129 cm³/mol. The van der Waals surface area contributed by atoms with Gasteiger partial charge in [0, 0.05) is 16.3 Å². The van der Waals surface area contributed by atoms with Crippen molar-refractivity contribution in [2.75, 3.05) is 11.9 Å². The summed E-state index contributed by atoms with van der Waals surface area (Å²) in [5.74, 6) is 0.152. The first-order chi connectivity index (χ1) is 16.2. The zero-order valence-corrected chi connectivity index (χ0v) is 20.0. The average Bonchev–Trinajstić information content (AvgIpc) is 3.26. The average molecular weight is 483 g/mol. The number of nitrogens with one attached hydrogen (secondary N) is 1. The van der Waals surface area contributed by atoms with Crippen molar-refractivity contribution in [3.8, 4) is 5.75 Å². The van der Waals surface area contributed by atoms with Crippen molar-refractivity contribution in [3.05, 3.63) is 83.3 Å². The summed E-state index contributed by atoms with van der Waals surface area (Å²) in [4.78, 5) is 28.9. The molecule has 0 radical (unpaired) electrons. The van der Waals surface area contributed by atoms with Crippen molar-refractivity contribution < 1.29 is 23.5 Å². The second kappa shape index (κ2) is 9.91. The number of fused-ring (bicyclic) bond motifs is 1. The van der Waals surface area contributed by atoms with E-state index in [1.807, 2.05) is 39.0 Å². The van der Waals surface area contributed by atoms with E-state index in [1.54, 1.807) is 42.5 Å². The standard InChI is InChI=1S/C26H27ClN2O5/c1-26(2,3)33-16-22-25(31)29(15-19-10-7-13-32-19)23(20-14-17(27)11-12-21(20)34-22)24(30)28-18-8-5-4-6-9-18/h4-14,22-23H,15-16H2,1-3H3,(H,28,30). The number of halogens is 1. The third-order valence-electron chi connectivity index (χ3n) is 5.27. The fourth-order valence-electron chi connectivity index (χ4n) is 3.71. The molecule has 0 fully saturated rings. The molecule has 2 aromatic carbocycles. The highest BCUT2D eigenvalue weighted by Gasteiger charge is 2.42. The van der Waals surface area contributed by atoms with Crippen LogP contribution in [0.3, 0.4) is 0 Å². The van der Waals surface area contributed by atoms with E-state index in [0.29, 0.717) is 27.8 Å². The number of rotatable bonds is 6. The first kappa shape index (κ1) is 23.9. The molecule has 0 saturated carbocycles. The highest BCUT2D eigenvalue weighted by Crippen LogP contribution is 2.38. The molecule has 1 N–H and O–H groups in total. The van der Waals surface area contributed by atoms with Crippen LogP contribution in [0.2, 0.25) is 5.02 Å². The van der Waals surface area contributed by atoms with E-state index in [0.717, 1.165) is 0 Å². The molecule has 1 aliphatic heterocycles. The molecule has 1 aromatic heterocycles. The van der Waals surface area contributed by atoms with E-state index in [9.17, 15) is 9.59 Å². The maximum absolute atomic E-state index is 13.8. The Kier molecular flexibility index (Phi) is 6.95. The Morgan fingerprint density at radius 1 is 1.12 bits per heavy atom. The Labute approximate surface area is 203 Å². The number of carbonyl (C=O) groups is 2. The first-order valence-corrected chi connectivity index (χ1v) is 11.4. The third kappa shape index (κ3) is 5.61. The van der Waals surface area contributed by atoms with Crippen molar-refractivity contribution in [2.24, 2.45) is 0 Å². The number of amides is 2. The maximum atomic E-state index is 13.8. The third-order valence-corrected chi connectivity index (χ3v) is 5.50. The minimum Gasteiger partial charge on any atom is -0.478 e. The zero-order valence-electron chi connectivity index (χ0n) is 19.3. The van der Waals surface area contributed by atoms with Gasteiger partial charge in [0.2, 0.25) is 0 Å². The summed E-state index contributed by atoms with van der Waals surface area (Å²) in [5.41, 5.74) is 0.618. The number of anilines is 1. The SMILES string of the molecule is CC(C)(C)OCC1Oc2ccc(Cl)cc2C(C(=O)Nc2ccccc2)N(Cc2ccco2)C1=O. The lowest BCUT2D eigenvalue weighted by molar-refractivity contribution is -0.149. The Morgan fingerprint density at radius 2 is 1.88 bits per heavy atom. The molecule has 2 amide bonds. The van der Waals surface area contributed by atoms with Crippen LogP contribution < -0.4 is 10.1 Å². The van der Waals surface area contributed by atoms with Gasteiger partial charge in [-0.05, 0) is 63.2 Å². The fraction of sp³-hybridized carbons (Fsp3) is 0.308. The molecular weight excluding hydrogens is 456 g/mol. The summed E-state index contributed by atoms with van der Waals surface area (Å²) in [7, 11) is 0. The molecule has 3 aromatic rings. The number of benzene rings is 2. The number of hydrogen-bond donors (Lipinski definition) is 1. The summed E-state index contributed by atoms with van der Waals surface area (Å²) in [6.45, 7) is 5.79. The van der Waals surface area contributed by atoms with E-state index in [2.05, 4.69) is 5.32 Å². The second-order valence-electron chi connectivity index (χ2n) is 9.02. The molecule has 0 aliphatic carbocycles. The number of hydrogen-bond acceptors (Lipinski definition) is 5. The quantitative estimate of drug-likeness (QED) is 0.521. The van der Waals surface area contributed by atoms with Gasteiger partial charge in [-0.15, -0.1) is 0 Å². The molecule has 0 spiro atoms. The van der Waals surface area contributed by atoms with Gasteiger partial charge in [-0.1, -0.05) is 29.8 Å². The Balaban J connectivity index is 1.77. The van der Waals surface area contributed by atoms with Crippen LogP contribution in [-0.2, 0) is 20.9 Å². The Bertz CT molecular complexity index is 1140. The minimum absolute atomic E-state index is 0.0199. The molecule has 8 heteroatoms. The van der Waals surface area contributed by atoms with Gasteiger partial charge in [-0.2, -0.15) is 0 Å². The van der Waals surface area contributed by atoms with E-state index in [1.165, 1.54) is 11.2 Å². The van der Waals surface area contributed by atoms with Crippen molar-refractivity contribution >= 4 is 29.1 Å². The number of nitrogens with zero attached hydrogens (tertiary/aromatic N) is 1. The molecule has 34 heavy (non-hydrogen) atoms. The van der Waals surface area contributed by atoms with Crippen molar-refractivity contribution in [1.82, 2.24) is 4.90 Å². The van der Waals surface area contributed by atoms with Crippen molar-refractivity contribution in [3.63, 3.8) is 0 Å². The Hall–Kier alpha value is -3.29. The van der Waals surface area contributed by atoms with E-state index in [4.69, 9.17) is 25.5 Å². The van der Waals surface area contributed by atoms with Crippen LogP contribution in [0.25, 0.3) is 0 Å². The molecule has 0 saturated heterocycles. The second-order valence-corrected chi connectivity index (χ2v) is 9.45. The number of ether oxygens (including phenoxy) is 2. The highest BCUT2D eigenvalue weighted by molar-refractivity contribution is 6.30. The van der Waals surface area contributed by atoms with Crippen LogP contribution in [0.5, 0.6) is 5.75 Å².